The molecule has 0 atom stereocenters. The summed E-state index contributed by atoms with van der Waals surface area (Å²) in [6, 6.07) is 19.5. The molecule has 0 aromatic heterocycles. The molecule has 1 radical (unpaired) electrons. The van der Waals surface area contributed by atoms with Crippen LogP contribution in [0.25, 0.3) is 21.9 Å². The van der Waals surface area contributed by atoms with Gasteiger partial charge in [-0.25, -0.2) is 0 Å². The summed E-state index contributed by atoms with van der Waals surface area (Å²) in [5.41, 5.74) is 11.0. The number of nitrogens with two attached hydrogens (primary N) is 1. The zero-order valence-corrected chi connectivity index (χ0v) is 16.4. The molecule has 0 spiro atoms. The van der Waals surface area contributed by atoms with Crippen LogP contribution in [0.1, 0.15) is 18.1 Å². The van der Waals surface area contributed by atoms with Crippen LogP contribution in [0, 0.1) is 0 Å². The van der Waals surface area contributed by atoms with Gasteiger partial charge in [0, 0.05) is 6.54 Å². The third-order valence-corrected chi connectivity index (χ3v) is 3.75. The number of halogens is 2. The minimum Gasteiger partial charge on any atom is -1.00 e. The van der Waals surface area contributed by atoms with E-state index in [2.05, 4.69) is 55.5 Å². The molecule has 4 heteroatoms. The molecule has 0 bridgehead atoms. The smallest absolute Gasteiger partial charge is 1.00 e. The van der Waals surface area contributed by atoms with Gasteiger partial charge in [0.1, 0.15) is 0 Å². The van der Waals surface area contributed by atoms with Gasteiger partial charge in [0.05, 0.1) is 0 Å². The Labute approximate surface area is 163 Å². The topological polar surface area (TPSA) is 26.0 Å². The van der Waals surface area contributed by atoms with E-state index in [0.717, 1.165) is 6.42 Å². The van der Waals surface area contributed by atoms with E-state index in [9.17, 15) is 0 Å². The molecule has 3 aromatic carbocycles. The summed E-state index contributed by atoms with van der Waals surface area (Å²) >= 11 is 0. The van der Waals surface area contributed by atoms with Gasteiger partial charge in [-0.3, -0.25) is 0 Å². The van der Waals surface area contributed by atoms with Crippen molar-refractivity contribution in [2.75, 3.05) is 0 Å². The van der Waals surface area contributed by atoms with Gasteiger partial charge in [0.15, 0.2) is 0 Å². The first-order valence-electron chi connectivity index (χ1n) is 6.80. The zero-order chi connectivity index (χ0) is 13.2. The number of rotatable bonds is 3. The summed E-state index contributed by atoms with van der Waals surface area (Å²) in [4.78, 5) is 0. The van der Waals surface area contributed by atoms with Crippen molar-refractivity contribution in [3.8, 4) is 11.1 Å². The molecule has 1 nitrogen and oxygen atoms in total. The van der Waals surface area contributed by atoms with Crippen LogP contribution in [-0.4, -0.2) is 0 Å². The second-order valence-electron chi connectivity index (χ2n) is 4.89. The summed E-state index contributed by atoms with van der Waals surface area (Å²) in [5.74, 6) is 0. The standard InChI is InChI=1S/C18H18N.2ClH.Zr/c1-2-13-10-14-7-5-9-17(18(14)11-13)16-8-4-3-6-15(16)12-19;;;/h3-11H,2,12,19H2,1H3;2*1H;/q-1;;;+3/p-2. The SMILES string of the molecule is CCc1cc2c(-c3ccccc3CN)cccc2[cH-]1.[Cl-].[Cl-].[Zr+3]. The number of aryl methyl sites for hydroxylation is 1. The van der Waals surface area contributed by atoms with Crippen LogP contribution in [0.15, 0.2) is 54.6 Å². The first-order valence-corrected chi connectivity index (χ1v) is 6.80. The van der Waals surface area contributed by atoms with Crippen LogP contribution in [-0.2, 0) is 39.2 Å². The van der Waals surface area contributed by atoms with Crippen LogP contribution in [0.2, 0.25) is 0 Å². The van der Waals surface area contributed by atoms with Gasteiger partial charge in [0.25, 0.3) is 0 Å². The van der Waals surface area contributed by atoms with Gasteiger partial charge in [0.2, 0.25) is 0 Å². The monoisotopic (exact) mass is 408 g/mol. The predicted octanol–water partition coefficient (Wildman–Crippen LogP) is -1.75. The van der Waals surface area contributed by atoms with Crippen LogP contribution in [0.4, 0.5) is 0 Å². The molecule has 0 fully saturated rings. The van der Waals surface area contributed by atoms with E-state index in [4.69, 9.17) is 5.73 Å². The average molecular weight is 410 g/mol. The first kappa shape index (κ1) is 21.5. The largest absolute Gasteiger partial charge is 3.00 e. The van der Waals surface area contributed by atoms with Crippen LogP contribution >= 0.6 is 0 Å². The second-order valence-corrected chi connectivity index (χ2v) is 4.89. The number of benzene rings is 2. The summed E-state index contributed by atoms with van der Waals surface area (Å²) in [6.07, 6.45) is 1.08. The zero-order valence-electron chi connectivity index (χ0n) is 12.4. The molecule has 2 N–H and O–H groups in total. The minimum absolute atomic E-state index is 0. The fourth-order valence-corrected chi connectivity index (χ4v) is 2.70. The summed E-state index contributed by atoms with van der Waals surface area (Å²) < 4.78 is 0. The van der Waals surface area contributed by atoms with Gasteiger partial charge in [-0.05, 0) is 17.5 Å². The van der Waals surface area contributed by atoms with Crippen molar-refractivity contribution in [1.29, 1.82) is 0 Å². The Hall–Kier alpha value is -0.527. The first-order chi connectivity index (χ1) is 9.33. The van der Waals surface area contributed by atoms with E-state index in [1.165, 1.54) is 33.0 Å². The molecule has 3 rings (SSSR count). The van der Waals surface area contributed by atoms with E-state index < -0.39 is 0 Å². The quantitative estimate of drug-likeness (QED) is 0.510. The maximum Gasteiger partial charge on any atom is 3.00 e. The van der Waals surface area contributed by atoms with Crippen LogP contribution in [0.3, 0.4) is 0 Å². The van der Waals surface area contributed by atoms with Crippen molar-refractivity contribution >= 4 is 10.8 Å². The third kappa shape index (κ3) is 4.06. The second kappa shape index (κ2) is 9.58. The molecule has 113 valence electrons. The Morgan fingerprint density at radius 3 is 2.32 bits per heavy atom. The third-order valence-electron chi connectivity index (χ3n) is 3.75. The van der Waals surface area contributed by atoms with Gasteiger partial charge in [-0.15, -0.1) is 34.5 Å². The van der Waals surface area contributed by atoms with Crippen molar-refractivity contribution in [2.24, 2.45) is 5.73 Å². The molecule has 0 amide bonds. The molecule has 0 saturated heterocycles. The van der Waals surface area contributed by atoms with Gasteiger partial charge >= 0.3 is 26.2 Å². The number of hydrogen-bond acceptors (Lipinski definition) is 1. The van der Waals surface area contributed by atoms with E-state index >= 15 is 0 Å². The van der Waals surface area contributed by atoms with Crippen molar-refractivity contribution in [3.63, 3.8) is 0 Å². The Kier molecular flexibility index (Phi) is 9.35. The van der Waals surface area contributed by atoms with Crippen LogP contribution in [0.5, 0.6) is 0 Å². The number of fused-ring (bicyclic) bond motifs is 1. The Morgan fingerprint density at radius 1 is 0.955 bits per heavy atom. The van der Waals surface area contributed by atoms with Crippen LogP contribution < -0.4 is 30.5 Å². The van der Waals surface area contributed by atoms with Gasteiger partial charge in [-0.2, -0.15) is 6.07 Å². The Bertz CT molecular complexity index is 722. The normalized spacial score (nSPS) is 9.55. The predicted molar refractivity (Wildman–Crippen MR) is 82.2 cm³/mol. The Balaban J connectivity index is 0.00000147. The van der Waals surface area contributed by atoms with E-state index in [1.54, 1.807) is 0 Å². The van der Waals surface area contributed by atoms with E-state index in [0.29, 0.717) is 6.54 Å². The molecule has 0 aliphatic rings. The fraction of sp³-hybridized carbons (Fsp3) is 0.167. The molecular formula is C18H18Cl2NZr. The summed E-state index contributed by atoms with van der Waals surface area (Å²) in [5, 5.41) is 2.65. The molecule has 3 aromatic rings. The molecule has 0 unspecified atom stereocenters. The summed E-state index contributed by atoms with van der Waals surface area (Å²) in [7, 11) is 0. The molecule has 22 heavy (non-hydrogen) atoms. The Morgan fingerprint density at radius 2 is 1.64 bits per heavy atom. The van der Waals surface area contributed by atoms with Crippen molar-refractivity contribution in [1.82, 2.24) is 0 Å². The van der Waals surface area contributed by atoms with Gasteiger partial charge in [-0.1, -0.05) is 42.8 Å². The fourth-order valence-electron chi connectivity index (χ4n) is 2.70. The average Bonchev–Trinajstić information content (AvgIpc) is 2.90. The van der Waals surface area contributed by atoms with Crippen molar-refractivity contribution in [3.05, 3.63) is 65.7 Å². The minimum atomic E-state index is 0. The maximum absolute atomic E-state index is 5.86. The van der Waals surface area contributed by atoms with Crippen molar-refractivity contribution < 1.29 is 51.0 Å². The molecule has 0 saturated carbocycles. The maximum atomic E-state index is 5.86. The van der Waals surface area contributed by atoms with E-state index in [1.807, 2.05) is 6.07 Å². The van der Waals surface area contributed by atoms with Crippen molar-refractivity contribution in [2.45, 2.75) is 19.9 Å². The summed E-state index contributed by atoms with van der Waals surface area (Å²) in [6.45, 7) is 2.77. The number of hydrogen-bond donors (Lipinski definition) is 1. The van der Waals surface area contributed by atoms with Gasteiger partial charge < -0.3 is 30.5 Å². The van der Waals surface area contributed by atoms with E-state index in [-0.39, 0.29) is 51.0 Å². The molecule has 0 heterocycles. The molecule has 0 aliphatic carbocycles. The molecular weight excluding hydrogens is 392 g/mol. The molecule has 0 aliphatic heterocycles.